The summed E-state index contributed by atoms with van der Waals surface area (Å²) in [5.74, 6) is -0.117. The third kappa shape index (κ3) is 2.86. The highest BCUT2D eigenvalue weighted by Gasteiger charge is 2.40. The molecule has 0 aromatic heterocycles. The van der Waals surface area contributed by atoms with E-state index in [-0.39, 0.29) is 11.9 Å². The minimum Gasteiger partial charge on any atom is -0.352 e. The summed E-state index contributed by atoms with van der Waals surface area (Å²) in [6, 6.07) is 9.50. The monoisotopic (exact) mass is 261 g/mol. The van der Waals surface area contributed by atoms with Gasteiger partial charge >= 0.3 is 6.03 Å². The first kappa shape index (κ1) is 13.4. The molecule has 0 spiro atoms. The van der Waals surface area contributed by atoms with Crippen LogP contribution in [0.4, 0.5) is 4.79 Å². The molecule has 5 nitrogen and oxygen atoms in total. The molecular weight excluding hydrogens is 242 g/mol. The number of nitrogens with zero attached hydrogens (tertiary/aromatic N) is 1. The Bertz CT molecular complexity index is 471. The summed E-state index contributed by atoms with van der Waals surface area (Å²) in [5.41, 5.74) is 0.231. The number of amides is 3. The first-order valence-corrected chi connectivity index (χ1v) is 6.39. The summed E-state index contributed by atoms with van der Waals surface area (Å²) in [6.45, 7) is 5.00. The molecule has 102 valence electrons. The summed E-state index contributed by atoms with van der Waals surface area (Å²) in [6.07, 6.45) is 0. The van der Waals surface area contributed by atoms with E-state index in [1.54, 1.807) is 18.7 Å². The molecule has 2 rings (SSSR count). The van der Waals surface area contributed by atoms with Crippen molar-refractivity contribution >= 4 is 11.9 Å². The molecule has 0 radical (unpaired) electrons. The second-order valence-corrected chi connectivity index (χ2v) is 5.11. The molecule has 1 fully saturated rings. The number of carbonyl (C=O) groups is 2. The highest BCUT2D eigenvalue weighted by atomic mass is 16.2. The van der Waals surface area contributed by atoms with Gasteiger partial charge in [-0.05, 0) is 19.4 Å². The Kier molecular flexibility index (Phi) is 3.74. The quantitative estimate of drug-likeness (QED) is 0.837. The topological polar surface area (TPSA) is 61.4 Å². The summed E-state index contributed by atoms with van der Waals surface area (Å²) < 4.78 is 0. The normalized spacial score (nSPS) is 17.8. The van der Waals surface area contributed by atoms with Crippen molar-refractivity contribution < 1.29 is 9.59 Å². The average molecular weight is 261 g/mol. The first-order valence-electron chi connectivity index (χ1n) is 6.39. The number of carbonyl (C=O) groups excluding carboxylic acids is 2. The van der Waals surface area contributed by atoms with Crippen LogP contribution in [0.15, 0.2) is 30.3 Å². The Balaban J connectivity index is 1.98. The first-order chi connectivity index (χ1) is 9.01. The van der Waals surface area contributed by atoms with E-state index >= 15 is 0 Å². The fraction of sp³-hybridized carbons (Fsp3) is 0.429. The third-order valence-corrected chi connectivity index (χ3v) is 3.38. The van der Waals surface area contributed by atoms with Crippen LogP contribution in [0.1, 0.15) is 19.4 Å². The van der Waals surface area contributed by atoms with Crippen LogP contribution in [0.3, 0.4) is 0 Å². The second-order valence-electron chi connectivity index (χ2n) is 5.11. The Hall–Kier alpha value is -2.04. The lowest BCUT2D eigenvalue weighted by Gasteiger charge is -2.40. The number of urea groups is 1. The summed E-state index contributed by atoms with van der Waals surface area (Å²) >= 11 is 0. The smallest absolute Gasteiger partial charge is 0.318 e. The number of piperazine rings is 1. The fourth-order valence-electron chi connectivity index (χ4n) is 2.12. The van der Waals surface area contributed by atoms with Crippen molar-refractivity contribution in [3.63, 3.8) is 0 Å². The van der Waals surface area contributed by atoms with Gasteiger partial charge in [-0.15, -0.1) is 0 Å². The van der Waals surface area contributed by atoms with Gasteiger partial charge in [0.2, 0.25) is 5.91 Å². The number of hydrogen-bond acceptors (Lipinski definition) is 2. The molecule has 0 unspecified atom stereocenters. The van der Waals surface area contributed by atoms with Gasteiger partial charge in [0.15, 0.2) is 0 Å². The van der Waals surface area contributed by atoms with Crippen molar-refractivity contribution in [2.45, 2.75) is 25.9 Å². The molecule has 1 aliphatic rings. The van der Waals surface area contributed by atoms with Crippen molar-refractivity contribution in [1.29, 1.82) is 0 Å². The van der Waals surface area contributed by atoms with Crippen molar-refractivity contribution in [1.82, 2.24) is 15.5 Å². The highest BCUT2D eigenvalue weighted by molar-refractivity contribution is 5.91. The molecule has 19 heavy (non-hydrogen) atoms. The zero-order chi connectivity index (χ0) is 13.9. The minimum atomic E-state index is -0.807. The van der Waals surface area contributed by atoms with Crippen LogP contribution in [-0.2, 0) is 11.3 Å². The van der Waals surface area contributed by atoms with E-state index in [0.29, 0.717) is 19.6 Å². The van der Waals surface area contributed by atoms with Gasteiger partial charge in [-0.1, -0.05) is 30.3 Å². The Morgan fingerprint density at radius 3 is 2.74 bits per heavy atom. The maximum absolute atomic E-state index is 12.2. The summed E-state index contributed by atoms with van der Waals surface area (Å²) in [4.78, 5) is 25.5. The van der Waals surface area contributed by atoms with Crippen LogP contribution in [-0.4, -0.2) is 35.5 Å². The fourth-order valence-corrected chi connectivity index (χ4v) is 2.12. The highest BCUT2D eigenvalue weighted by Crippen LogP contribution is 2.17. The van der Waals surface area contributed by atoms with E-state index in [2.05, 4.69) is 10.6 Å². The molecule has 1 aliphatic heterocycles. The predicted octanol–water partition coefficient (Wildman–Crippen LogP) is 1.11. The van der Waals surface area contributed by atoms with Gasteiger partial charge < -0.3 is 15.5 Å². The van der Waals surface area contributed by atoms with Crippen molar-refractivity contribution in [3.05, 3.63) is 35.9 Å². The van der Waals surface area contributed by atoms with Crippen LogP contribution in [0, 0.1) is 0 Å². The molecule has 5 heteroatoms. The van der Waals surface area contributed by atoms with Crippen LogP contribution < -0.4 is 10.6 Å². The van der Waals surface area contributed by atoms with E-state index in [4.69, 9.17) is 0 Å². The van der Waals surface area contributed by atoms with Crippen molar-refractivity contribution in [3.8, 4) is 0 Å². The minimum absolute atomic E-state index is 0.117. The zero-order valence-corrected chi connectivity index (χ0v) is 11.3. The van der Waals surface area contributed by atoms with E-state index in [0.717, 1.165) is 5.56 Å². The molecule has 0 atom stereocenters. The average Bonchev–Trinajstić information content (AvgIpc) is 2.40. The Labute approximate surface area is 113 Å². The van der Waals surface area contributed by atoms with Crippen molar-refractivity contribution in [2.75, 3.05) is 13.1 Å². The lowest BCUT2D eigenvalue weighted by Crippen LogP contribution is -2.65. The van der Waals surface area contributed by atoms with Gasteiger partial charge in [0.05, 0.1) is 0 Å². The van der Waals surface area contributed by atoms with Crippen LogP contribution in [0.5, 0.6) is 0 Å². The number of hydrogen-bond donors (Lipinski definition) is 2. The van der Waals surface area contributed by atoms with E-state index < -0.39 is 5.54 Å². The standard InChI is InChI=1S/C14H19N3O2/c1-14(2)12(18)15-8-9-17(14)13(19)16-10-11-6-4-3-5-7-11/h3-7H,8-10H2,1-2H3,(H,15,18)(H,16,19). The van der Waals surface area contributed by atoms with Gasteiger partial charge in [-0.3, -0.25) is 4.79 Å². The lowest BCUT2D eigenvalue weighted by atomic mass is 9.99. The predicted molar refractivity (Wildman–Crippen MR) is 72.5 cm³/mol. The second kappa shape index (κ2) is 5.30. The third-order valence-electron chi connectivity index (χ3n) is 3.38. The molecule has 1 aromatic carbocycles. The maximum Gasteiger partial charge on any atom is 0.318 e. The van der Waals surface area contributed by atoms with E-state index in [1.807, 2.05) is 30.3 Å². The molecule has 1 heterocycles. The van der Waals surface area contributed by atoms with E-state index in [9.17, 15) is 9.59 Å². The maximum atomic E-state index is 12.2. The van der Waals surface area contributed by atoms with Gasteiger partial charge in [0, 0.05) is 19.6 Å². The molecule has 1 saturated heterocycles. The van der Waals surface area contributed by atoms with Crippen LogP contribution in [0.25, 0.3) is 0 Å². The lowest BCUT2D eigenvalue weighted by molar-refractivity contribution is -0.132. The molecule has 0 bridgehead atoms. The summed E-state index contributed by atoms with van der Waals surface area (Å²) in [7, 11) is 0. The summed E-state index contributed by atoms with van der Waals surface area (Å²) in [5, 5.41) is 5.62. The zero-order valence-electron chi connectivity index (χ0n) is 11.3. The number of benzene rings is 1. The van der Waals surface area contributed by atoms with Gasteiger partial charge in [-0.2, -0.15) is 0 Å². The molecule has 1 aromatic rings. The largest absolute Gasteiger partial charge is 0.352 e. The molecule has 0 saturated carbocycles. The number of nitrogens with one attached hydrogen (secondary N) is 2. The molecular formula is C14H19N3O2. The Morgan fingerprint density at radius 2 is 2.05 bits per heavy atom. The number of rotatable bonds is 2. The van der Waals surface area contributed by atoms with Gasteiger partial charge in [-0.25, -0.2) is 4.79 Å². The van der Waals surface area contributed by atoms with Crippen molar-refractivity contribution in [2.24, 2.45) is 0 Å². The van der Waals surface area contributed by atoms with E-state index in [1.165, 1.54) is 0 Å². The molecule has 3 amide bonds. The van der Waals surface area contributed by atoms with Gasteiger partial charge in [0.25, 0.3) is 0 Å². The van der Waals surface area contributed by atoms with Crippen LogP contribution >= 0.6 is 0 Å². The SMILES string of the molecule is CC1(C)C(=O)NCCN1C(=O)NCc1ccccc1. The Morgan fingerprint density at radius 1 is 1.37 bits per heavy atom. The molecule has 2 N–H and O–H groups in total. The van der Waals surface area contributed by atoms with Crippen LogP contribution in [0.2, 0.25) is 0 Å². The van der Waals surface area contributed by atoms with Gasteiger partial charge in [0.1, 0.15) is 5.54 Å². The molecule has 0 aliphatic carbocycles.